The van der Waals surface area contributed by atoms with Crippen LogP contribution in [0.4, 0.5) is 0 Å². The van der Waals surface area contributed by atoms with Crippen LogP contribution in [0, 0.1) is 5.41 Å². The van der Waals surface area contributed by atoms with E-state index in [4.69, 9.17) is 4.74 Å². The summed E-state index contributed by atoms with van der Waals surface area (Å²) in [5, 5.41) is 0.547. The number of nitrogens with zero attached hydrogens (tertiary/aromatic N) is 1. The SMILES string of the molecule is Cn1c(=O)c(C(=O)c2ccccc2)c2c3c(c(Oc4ccc(C(C)(C)CC(C)(C)C)cc4)ccc31)C(=O)c1ccccc1-2. The molecule has 0 atom stereocenters. The van der Waals surface area contributed by atoms with Gasteiger partial charge in [0.1, 0.15) is 11.5 Å². The van der Waals surface area contributed by atoms with Gasteiger partial charge in [0.25, 0.3) is 5.56 Å². The lowest BCUT2D eigenvalue weighted by Gasteiger charge is -2.33. The summed E-state index contributed by atoms with van der Waals surface area (Å²) < 4.78 is 7.87. The standard InChI is InChI=1S/C38H35NO4/c1-37(2,3)22-38(4,5)24-16-18-25(19-17-24)43-29-21-20-28-31-30(26-14-10-11-15-27(26)35(41)32(29)31)33(36(42)39(28)6)34(40)23-12-8-7-9-13-23/h7-21H,22H2,1-6H3. The summed E-state index contributed by atoms with van der Waals surface area (Å²) in [6.45, 7) is 11.2. The van der Waals surface area contributed by atoms with Crippen LogP contribution in [0.2, 0.25) is 0 Å². The lowest BCUT2D eigenvalue weighted by atomic mass is 9.72. The van der Waals surface area contributed by atoms with Gasteiger partial charge >= 0.3 is 0 Å². The van der Waals surface area contributed by atoms with Crippen LogP contribution >= 0.6 is 0 Å². The van der Waals surface area contributed by atoms with Crippen molar-refractivity contribution in [3.63, 3.8) is 0 Å². The van der Waals surface area contributed by atoms with Crippen molar-refractivity contribution < 1.29 is 14.3 Å². The van der Waals surface area contributed by atoms with Gasteiger partial charge in [0.15, 0.2) is 11.6 Å². The number of carbonyl (C=O) groups is 2. The molecule has 0 amide bonds. The van der Waals surface area contributed by atoms with Crippen LogP contribution in [-0.2, 0) is 12.5 Å². The monoisotopic (exact) mass is 569 g/mol. The Hall–Kier alpha value is -4.77. The van der Waals surface area contributed by atoms with Gasteiger partial charge in [-0.15, -0.1) is 0 Å². The number of benzene rings is 4. The lowest BCUT2D eigenvalue weighted by Crippen LogP contribution is -2.28. The zero-order chi connectivity index (χ0) is 30.7. The second-order valence-electron chi connectivity index (χ2n) is 13.3. The minimum atomic E-state index is -0.409. The van der Waals surface area contributed by atoms with Gasteiger partial charge in [-0.05, 0) is 52.6 Å². The molecule has 5 heteroatoms. The van der Waals surface area contributed by atoms with E-state index in [1.807, 2.05) is 24.3 Å². The van der Waals surface area contributed by atoms with Gasteiger partial charge in [-0.3, -0.25) is 14.4 Å². The summed E-state index contributed by atoms with van der Waals surface area (Å²) >= 11 is 0. The van der Waals surface area contributed by atoms with Crippen LogP contribution in [-0.4, -0.2) is 16.1 Å². The van der Waals surface area contributed by atoms with E-state index >= 15 is 0 Å². The number of pyridine rings is 1. The summed E-state index contributed by atoms with van der Waals surface area (Å²) in [6, 6.07) is 27.5. The largest absolute Gasteiger partial charge is 0.457 e. The molecule has 0 bridgehead atoms. The molecule has 0 saturated heterocycles. The summed E-state index contributed by atoms with van der Waals surface area (Å²) in [6.07, 6.45) is 1.02. The molecule has 0 N–H and O–H groups in total. The van der Waals surface area contributed by atoms with Crippen LogP contribution in [0.5, 0.6) is 11.5 Å². The Balaban J connectivity index is 1.54. The number of ketones is 2. The van der Waals surface area contributed by atoms with E-state index in [1.54, 1.807) is 61.6 Å². The molecule has 0 fully saturated rings. The normalized spacial score (nSPS) is 12.7. The Morgan fingerprint density at radius 3 is 2.02 bits per heavy atom. The first-order chi connectivity index (χ1) is 20.4. The number of hydrogen-bond donors (Lipinski definition) is 0. The van der Waals surface area contributed by atoms with Gasteiger partial charge in [0, 0.05) is 29.1 Å². The van der Waals surface area contributed by atoms with E-state index in [9.17, 15) is 14.4 Å². The minimum absolute atomic E-state index is 0.0211. The van der Waals surface area contributed by atoms with E-state index in [1.165, 1.54) is 10.1 Å². The quantitative estimate of drug-likeness (QED) is 0.189. The molecule has 1 aliphatic carbocycles. The van der Waals surface area contributed by atoms with E-state index in [2.05, 4.69) is 46.8 Å². The first kappa shape index (κ1) is 28.4. The summed E-state index contributed by atoms with van der Waals surface area (Å²) in [4.78, 5) is 41.8. The molecule has 5 nitrogen and oxygen atoms in total. The highest BCUT2D eigenvalue weighted by molar-refractivity contribution is 6.30. The number of hydrogen-bond acceptors (Lipinski definition) is 4. The molecule has 5 aromatic rings. The molecular formula is C38H35NO4. The molecule has 43 heavy (non-hydrogen) atoms. The molecule has 1 heterocycles. The third-order valence-electron chi connectivity index (χ3n) is 8.29. The Morgan fingerprint density at radius 1 is 0.744 bits per heavy atom. The van der Waals surface area contributed by atoms with E-state index in [0.29, 0.717) is 50.2 Å². The van der Waals surface area contributed by atoms with Crippen LogP contribution in [0.3, 0.4) is 0 Å². The van der Waals surface area contributed by atoms with Crippen molar-refractivity contribution in [2.45, 2.75) is 46.5 Å². The number of ether oxygens (including phenoxy) is 1. The van der Waals surface area contributed by atoms with Crippen LogP contribution in [0.25, 0.3) is 22.0 Å². The zero-order valence-electron chi connectivity index (χ0n) is 25.4. The van der Waals surface area contributed by atoms with E-state index in [0.717, 1.165) is 6.42 Å². The number of aromatic nitrogens is 1. The van der Waals surface area contributed by atoms with Crippen LogP contribution < -0.4 is 10.3 Å². The van der Waals surface area contributed by atoms with Crippen molar-refractivity contribution in [1.82, 2.24) is 4.57 Å². The summed E-state index contributed by atoms with van der Waals surface area (Å²) in [7, 11) is 1.64. The van der Waals surface area contributed by atoms with Crippen LogP contribution in [0.15, 0.2) is 95.8 Å². The van der Waals surface area contributed by atoms with Gasteiger partial charge in [-0.25, -0.2) is 0 Å². The molecule has 1 aromatic heterocycles. The van der Waals surface area contributed by atoms with Gasteiger partial charge in [0.2, 0.25) is 0 Å². The number of rotatable bonds is 6. The van der Waals surface area contributed by atoms with Gasteiger partial charge in [-0.1, -0.05) is 101 Å². The highest BCUT2D eigenvalue weighted by atomic mass is 16.5. The number of carbonyl (C=O) groups excluding carboxylic acids is 2. The average Bonchev–Trinajstić information content (AvgIpc) is 2.97. The third kappa shape index (κ3) is 4.89. The molecule has 0 unspecified atom stereocenters. The molecule has 1 aliphatic rings. The first-order valence-electron chi connectivity index (χ1n) is 14.6. The highest BCUT2D eigenvalue weighted by Crippen LogP contribution is 2.45. The Labute approximate surface area is 251 Å². The second-order valence-corrected chi connectivity index (χ2v) is 13.3. The van der Waals surface area contributed by atoms with Crippen molar-refractivity contribution in [3.05, 3.63) is 129 Å². The predicted molar refractivity (Wildman–Crippen MR) is 172 cm³/mol. The molecule has 0 saturated carbocycles. The van der Waals surface area contributed by atoms with E-state index in [-0.39, 0.29) is 28.0 Å². The Morgan fingerprint density at radius 2 is 1.37 bits per heavy atom. The first-order valence-corrected chi connectivity index (χ1v) is 14.6. The van der Waals surface area contributed by atoms with Crippen molar-refractivity contribution in [1.29, 1.82) is 0 Å². The summed E-state index contributed by atoms with van der Waals surface area (Å²) in [5.74, 6) is 0.396. The van der Waals surface area contributed by atoms with Crippen LogP contribution in [0.1, 0.15) is 78.4 Å². The maximum absolute atomic E-state index is 14.1. The lowest BCUT2D eigenvalue weighted by molar-refractivity contribution is 0.102. The Bertz CT molecular complexity index is 1970. The summed E-state index contributed by atoms with van der Waals surface area (Å²) in [5.41, 5.74) is 3.81. The van der Waals surface area contributed by atoms with E-state index < -0.39 is 5.56 Å². The molecule has 6 rings (SSSR count). The van der Waals surface area contributed by atoms with Crippen molar-refractivity contribution in [2.24, 2.45) is 12.5 Å². The molecule has 0 spiro atoms. The smallest absolute Gasteiger partial charge is 0.262 e. The maximum Gasteiger partial charge on any atom is 0.262 e. The molecular weight excluding hydrogens is 534 g/mol. The van der Waals surface area contributed by atoms with Gasteiger partial charge < -0.3 is 9.30 Å². The number of fused-ring (bicyclic) bond motifs is 2. The fourth-order valence-corrected chi connectivity index (χ4v) is 6.70. The fourth-order valence-electron chi connectivity index (χ4n) is 6.70. The Kier molecular flexibility index (Phi) is 6.72. The number of aryl methyl sites for hydroxylation is 1. The molecule has 4 aromatic carbocycles. The molecule has 0 radical (unpaired) electrons. The maximum atomic E-state index is 14.1. The average molecular weight is 570 g/mol. The van der Waals surface area contributed by atoms with Crippen molar-refractivity contribution in [2.75, 3.05) is 0 Å². The fraction of sp³-hybridized carbons (Fsp3) is 0.237. The molecule has 216 valence electrons. The molecule has 0 aliphatic heterocycles. The predicted octanol–water partition coefficient (Wildman–Crippen LogP) is 8.49. The minimum Gasteiger partial charge on any atom is -0.457 e. The van der Waals surface area contributed by atoms with Crippen molar-refractivity contribution in [3.8, 4) is 22.6 Å². The van der Waals surface area contributed by atoms with Gasteiger partial charge in [-0.2, -0.15) is 0 Å². The second kappa shape index (κ2) is 10.2. The van der Waals surface area contributed by atoms with Gasteiger partial charge in [0.05, 0.1) is 16.6 Å². The highest BCUT2D eigenvalue weighted by Gasteiger charge is 2.34. The van der Waals surface area contributed by atoms with Crippen molar-refractivity contribution >= 4 is 22.5 Å². The zero-order valence-corrected chi connectivity index (χ0v) is 25.4. The topological polar surface area (TPSA) is 65.4 Å². The third-order valence-corrected chi connectivity index (χ3v) is 8.29.